The van der Waals surface area contributed by atoms with Crippen molar-refractivity contribution in [2.24, 2.45) is 0 Å². The molecule has 1 N–H and O–H groups in total. The Balaban J connectivity index is 3.19. The molecule has 1 atom stereocenters. The maximum Gasteiger partial charge on any atom is 0.0822 e. The fourth-order valence-electron chi connectivity index (χ4n) is 2.51. The summed E-state index contributed by atoms with van der Waals surface area (Å²) in [6.45, 7) is 2.93. The van der Waals surface area contributed by atoms with Gasteiger partial charge >= 0.3 is 0 Å². The van der Waals surface area contributed by atoms with Crippen LogP contribution in [0.3, 0.4) is 0 Å². The van der Waals surface area contributed by atoms with Crippen LogP contribution in [0.25, 0.3) is 0 Å². The zero-order chi connectivity index (χ0) is 16.3. The van der Waals surface area contributed by atoms with Crippen molar-refractivity contribution >= 4 is 0 Å². The predicted molar refractivity (Wildman–Crippen MR) is 93.8 cm³/mol. The average Bonchev–Trinajstić information content (AvgIpc) is 2.52. The first kappa shape index (κ1) is 21.6. The van der Waals surface area contributed by atoms with E-state index in [9.17, 15) is 5.11 Å². The van der Waals surface area contributed by atoms with Gasteiger partial charge in [-0.2, -0.15) is 0 Å². The molecule has 0 amide bonds. The monoisotopic (exact) mass is 314 g/mol. The third kappa shape index (κ3) is 17.7. The maximum atomic E-state index is 9.84. The molecule has 0 saturated heterocycles. The van der Waals surface area contributed by atoms with Crippen LogP contribution in [-0.4, -0.2) is 24.9 Å². The van der Waals surface area contributed by atoms with E-state index in [2.05, 4.69) is 24.0 Å². The molecule has 0 fully saturated rings. The minimum absolute atomic E-state index is 0.137. The van der Waals surface area contributed by atoms with Crippen molar-refractivity contribution in [3.8, 4) is 0 Å². The number of unbranched alkanes of at least 4 members (excludes halogenated alkanes) is 9. The van der Waals surface area contributed by atoms with Crippen LogP contribution in [0.5, 0.6) is 0 Å². The number of hydrogen-bond donors (Lipinski definition) is 1. The van der Waals surface area contributed by atoms with Crippen LogP contribution in [0.4, 0.5) is 0 Å². The highest BCUT2D eigenvalue weighted by molar-refractivity contribution is 4.83. The molecule has 0 aromatic carbocycles. The summed E-state index contributed by atoms with van der Waals surface area (Å²) in [5, 5.41) is 9.84. The first-order chi connectivity index (χ1) is 10.8. The van der Waals surface area contributed by atoms with Crippen molar-refractivity contribution < 1.29 is 14.9 Å². The van der Waals surface area contributed by atoms with Gasteiger partial charge in [0.25, 0.3) is 0 Å². The smallest absolute Gasteiger partial charge is 0.0822 e. The van der Waals surface area contributed by atoms with Crippen molar-refractivity contribution in [3.05, 3.63) is 12.2 Å². The van der Waals surface area contributed by atoms with E-state index in [4.69, 9.17) is 4.89 Å². The van der Waals surface area contributed by atoms with E-state index in [-0.39, 0.29) is 6.10 Å². The molecule has 132 valence electrons. The first-order valence-corrected chi connectivity index (χ1v) is 9.30. The van der Waals surface area contributed by atoms with Crippen LogP contribution in [-0.2, 0) is 9.78 Å². The van der Waals surface area contributed by atoms with Crippen molar-refractivity contribution in [1.82, 2.24) is 0 Å². The molecule has 3 nitrogen and oxygen atoms in total. The van der Waals surface area contributed by atoms with E-state index in [1.807, 2.05) is 0 Å². The summed E-state index contributed by atoms with van der Waals surface area (Å²) >= 11 is 0. The van der Waals surface area contributed by atoms with E-state index in [0.717, 1.165) is 32.1 Å². The Morgan fingerprint density at radius 2 is 1.55 bits per heavy atom. The van der Waals surface area contributed by atoms with Crippen LogP contribution < -0.4 is 0 Å². The molecule has 0 spiro atoms. The van der Waals surface area contributed by atoms with E-state index in [1.54, 1.807) is 7.11 Å². The highest BCUT2D eigenvalue weighted by Crippen LogP contribution is 2.10. The Morgan fingerprint density at radius 3 is 2.27 bits per heavy atom. The molecule has 0 aromatic heterocycles. The number of allylic oxidation sites excluding steroid dienone is 1. The molecule has 0 saturated carbocycles. The topological polar surface area (TPSA) is 38.7 Å². The summed E-state index contributed by atoms with van der Waals surface area (Å²) in [7, 11) is 1.55. The number of hydrogen-bond acceptors (Lipinski definition) is 3. The van der Waals surface area contributed by atoms with E-state index in [0.29, 0.717) is 6.61 Å². The molecule has 22 heavy (non-hydrogen) atoms. The summed E-state index contributed by atoms with van der Waals surface area (Å²) in [4.78, 5) is 9.38. The van der Waals surface area contributed by atoms with Gasteiger partial charge in [-0.05, 0) is 32.1 Å². The normalized spacial score (nSPS) is 13.0. The number of aliphatic hydroxyl groups excluding tert-OH is 1. The van der Waals surface area contributed by atoms with E-state index < -0.39 is 0 Å². The standard InChI is InChI=1S/C19H38O3/c1-3-4-5-13-16-19(20)17-14-11-9-7-6-8-10-12-15-18-22-21-2/h11,14,19-20H,3-10,12-13,15-18H2,1-2H3/b14-11-. The fourth-order valence-corrected chi connectivity index (χ4v) is 2.51. The zero-order valence-corrected chi connectivity index (χ0v) is 14.9. The quantitative estimate of drug-likeness (QED) is 0.165. The van der Waals surface area contributed by atoms with Gasteiger partial charge in [-0.3, -0.25) is 0 Å². The van der Waals surface area contributed by atoms with E-state index in [1.165, 1.54) is 51.4 Å². The van der Waals surface area contributed by atoms with Gasteiger partial charge in [0.15, 0.2) is 0 Å². The van der Waals surface area contributed by atoms with Crippen molar-refractivity contribution in [2.45, 2.75) is 96.5 Å². The third-order valence-corrected chi connectivity index (χ3v) is 3.93. The summed E-state index contributed by atoms with van der Waals surface area (Å²) < 4.78 is 0. The van der Waals surface area contributed by atoms with Gasteiger partial charge in [-0.15, -0.1) is 0 Å². The molecular weight excluding hydrogens is 276 g/mol. The summed E-state index contributed by atoms with van der Waals surface area (Å²) in [5.74, 6) is 0. The molecular formula is C19H38O3. The second kappa shape index (κ2) is 18.7. The fraction of sp³-hybridized carbons (Fsp3) is 0.895. The molecule has 0 aromatic rings. The molecule has 0 heterocycles. The molecule has 1 unspecified atom stereocenters. The van der Waals surface area contributed by atoms with Crippen LogP contribution >= 0.6 is 0 Å². The second-order valence-electron chi connectivity index (χ2n) is 6.11. The summed E-state index contributed by atoms with van der Waals surface area (Å²) in [6.07, 6.45) is 19.6. The number of aliphatic hydroxyl groups is 1. The van der Waals surface area contributed by atoms with Crippen LogP contribution in [0.15, 0.2) is 12.2 Å². The lowest BCUT2D eigenvalue weighted by Crippen LogP contribution is -2.04. The Morgan fingerprint density at radius 1 is 0.864 bits per heavy atom. The highest BCUT2D eigenvalue weighted by atomic mass is 17.2. The van der Waals surface area contributed by atoms with Crippen molar-refractivity contribution in [2.75, 3.05) is 13.7 Å². The lowest BCUT2D eigenvalue weighted by atomic mass is 10.1. The van der Waals surface area contributed by atoms with Crippen molar-refractivity contribution in [3.63, 3.8) is 0 Å². The van der Waals surface area contributed by atoms with Gasteiger partial charge < -0.3 is 5.11 Å². The molecule has 0 aliphatic heterocycles. The Bertz CT molecular complexity index is 229. The second-order valence-corrected chi connectivity index (χ2v) is 6.11. The van der Waals surface area contributed by atoms with Gasteiger partial charge in [0.2, 0.25) is 0 Å². The molecule has 0 rings (SSSR count). The molecule has 0 radical (unpaired) electrons. The minimum atomic E-state index is -0.137. The zero-order valence-electron chi connectivity index (χ0n) is 14.9. The Labute approximate surface area is 138 Å². The third-order valence-electron chi connectivity index (χ3n) is 3.93. The minimum Gasteiger partial charge on any atom is -0.393 e. The van der Waals surface area contributed by atoms with Gasteiger partial charge in [-0.1, -0.05) is 70.4 Å². The summed E-state index contributed by atoms with van der Waals surface area (Å²) in [5.41, 5.74) is 0. The largest absolute Gasteiger partial charge is 0.393 e. The molecule has 3 heteroatoms. The van der Waals surface area contributed by atoms with Crippen molar-refractivity contribution in [1.29, 1.82) is 0 Å². The molecule has 0 bridgehead atoms. The van der Waals surface area contributed by atoms with Crippen LogP contribution in [0, 0.1) is 0 Å². The molecule has 0 aliphatic carbocycles. The average molecular weight is 315 g/mol. The Kier molecular flexibility index (Phi) is 18.3. The SMILES string of the molecule is CCCCCCC(O)C/C=C\CCCCCCCCOOC. The number of rotatable bonds is 17. The van der Waals surface area contributed by atoms with E-state index >= 15 is 0 Å². The van der Waals surface area contributed by atoms with Gasteiger partial charge in [0.05, 0.1) is 19.8 Å². The maximum absolute atomic E-state index is 9.84. The van der Waals surface area contributed by atoms with Gasteiger partial charge in [-0.25, -0.2) is 9.78 Å². The van der Waals surface area contributed by atoms with Gasteiger partial charge in [0.1, 0.15) is 0 Å². The highest BCUT2D eigenvalue weighted by Gasteiger charge is 2.00. The summed E-state index contributed by atoms with van der Waals surface area (Å²) in [6, 6.07) is 0. The Hall–Kier alpha value is -0.380. The van der Waals surface area contributed by atoms with Crippen LogP contribution in [0.2, 0.25) is 0 Å². The lowest BCUT2D eigenvalue weighted by molar-refractivity contribution is -0.272. The van der Waals surface area contributed by atoms with Gasteiger partial charge in [0, 0.05) is 0 Å². The first-order valence-electron chi connectivity index (χ1n) is 9.30. The van der Waals surface area contributed by atoms with Crippen LogP contribution in [0.1, 0.15) is 90.4 Å². The predicted octanol–water partition coefficient (Wildman–Crippen LogP) is 5.57. The molecule has 0 aliphatic rings. The lowest BCUT2D eigenvalue weighted by Gasteiger charge is -2.07.